The summed E-state index contributed by atoms with van der Waals surface area (Å²) in [7, 11) is -2.47. The quantitative estimate of drug-likeness (QED) is 0.426. The van der Waals surface area contributed by atoms with Gasteiger partial charge in [-0.25, -0.2) is 0 Å². The summed E-state index contributed by atoms with van der Waals surface area (Å²) in [6, 6.07) is 30.6. The van der Waals surface area contributed by atoms with Crippen LogP contribution in [0.4, 0.5) is 5.69 Å². The molecule has 0 aliphatic carbocycles. The Bertz CT molecular complexity index is 833. The summed E-state index contributed by atoms with van der Waals surface area (Å²) in [5.41, 5.74) is 2.42. The van der Waals surface area contributed by atoms with Gasteiger partial charge in [-0.1, -0.05) is 61.2 Å². The van der Waals surface area contributed by atoms with Crippen molar-refractivity contribution in [3.63, 3.8) is 0 Å². The maximum Gasteiger partial charge on any atom is 0.0565 e. The molecule has 3 rings (SSSR count). The second-order valence-electron chi connectivity index (χ2n) is 7.22. The maximum atomic E-state index is 3.89. The molecule has 0 bridgehead atoms. The topological polar surface area (TPSA) is 3.24 Å². The van der Waals surface area contributed by atoms with E-state index in [2.05, 4.69) is 120 Å². The third-order valence-corrected chi connectivity index (χ3v) is 12.0. The van der Waals surface area contributed by atoms with Crippen LogP contribution in [-0.4, -0.2) is 25.0 Å². The van der Waals surface area contributed by atoms with E-state index in [9.17, 15) is 0 Å². The highest BCUT2D eigenvalue weighted by Gasteiger charge is 2.34. The van der Waals surface area contributed by atoms with Crippen molar-refractivity contribution in [1.29, 1.82) is 0 Å². The Hall–Kier alpha value is -2.10. The number of rotatable bonds is 6. The van der Waals surface area contributed by atoms with Crippen molar-refractivity contribution in [2.45, 2.75) is 9.79 Å². The summed E-state index contributed by atoms with van der Waals surface area (Å²) in [6.45, 7) is 3.89. The standard InChI is InChI=1S/C24H29NS2/c1-6-21-17-19-22(20-18-21)25(26(2,3)23-13-9-7-10-14-23)27(4,5)24-15-11-8-12-16-24/h6-20H,1H2,2-5H3. The molecule has 0 spiro atoms. The van der Waals surface area contributed by atoms with E-state index in [0.717, 1.165) is 5.56 Å². The van der Waals surface area contributed by atoms with Gasteiger partial charge in [0, 0.05) is 9.79 Å². The summed E-state index contributed by atoms with van der Waals surface area (Å²) < 4.78 is 2.69. The van der Waals surface area contributed by atoms with Crippen LogP contribution in [0.3, 0.4) is 0 Å². The molecule has 0 saturated heterocycles. The molecule has 0 heterocycles. The zero-order valence-electron chi connectivity index (χ0n) is 16.6. The van der Waals surface area contributed by atoms with E-state index in [1.165, 1.54) is 15.5 Å². The molecule has 142 valence electrons. The fourth-order valence-corrected chi connectivity index (χ4v) is 11.0. The van der Waals surface area contributed by atoms with E-state index in [1.54, 1.807) is 0 Å². The van der Waals surface area contributed by atoms with Gasteiger partial charge in [-0.2, -0.15) is 0 Å². The summed E-state index contributed by atoms with van der Waals surface area (Å²) in [6.07, 6.45) is 11.5. The maximum absolute atomic E-state index is 3.89. The van der Waals surface area contributed by atoms with E-state index in [1.807, 2.05) is 6.08 Å². The van der Waals surface area contributed by atoms with E-state index in [4.69, 9.17) is 0 Å². The van der Waals surface area contributed by atoms with Crippen molar-refractivity contribution in [2.75, 3.05) is 28.7 Å². The molecule has 3 aromatic rings. The molecule has 0 saturated carbocycles. The predicted molar refractivity (Wildman–Crippen MR) is 127 cm³/mol. The first kappa shape index (κ1) is 19.7. The monoisotopic (exact) mass is 395 g/mol. The molecule has 3 heteroatoms. The number of benzene rings is 3. The highest BCUT2D eigenvalue weighted by atomic mass is 32.3. The molecule has 0 aliphatic heterocycles. The normalized spacial score (nSPS) is 13.0. The highest BCUT2D eigenvalue weighted by molar-refractivity contribution is 8.49. The Labute approximate surface area is 167 Å². The van der Waals surface area contributed by atoms with Crippen molar-refractivity contribution in [1.82, 2.24) is 0 Å². The van der Waals surface area contributed by atoms with Gasteiger partial charge < -0.3 is 0 Å². The minimum atomic E-state index is -1.23. The minimum Gasteiger partial charge on any atom is -0.290 e. The van der Waals surface area contributed by atoms with Crippen LogP contribution in [-0.2, 0) is 0 Å². The molecule has 0 unspecified atom stereocenters. The highest BCUT2D eigenvalue weighted by Crippen LogP contribution is 2.69. The summed E-state index contributed by atoms with van der Waals surface area (Å²) in [5, 5.41) is 0. The van der Waals surface area contributed by atoms with Gasteiger partial charge in [0.15, 0.2) is 0 Å². The van der Waals surface area contributed by atoms with Crippen LogP contribution in [0.15, 0.2) is 101 Å². The number of nitrogens with zero attached hydrogens (tertiary/aromatic N) is 1. The number of hydrogen-bond donors (Lipinski definition) is 0. The molecular weight excluding hydrogens is 366 g/mol. The molecule has 3 aromatic carbocycles. The molecule has 27 heavy (non-hydrogen) atoms. The van der Waals surface area contributed by atoms with Crippen LogP contribution in [0.25, 0.3) is 6.08 Å². The molecule has 0 atom stereocenters. The van der Waals surface area contributed by atoms with Gasteiger partial charge in [0.2, 0.25) is 0 Å². The Morgan fingerprint density at radius 3 is 1.41 bits per heavy atom. The minimum absolute atomic E-state index is 1.15. The number of anilines is 1. The first-order valence-corrected chi connectivity index (χ1v) is 13.8. The van der Waals surface area contributed by atoms with Crippen LogP contribution in [0.1, 0.15) is 5.56 Å². The Balaban J connectivity index is 2.18. The molecule has 0 N–H and O–H groups in total. The van der Waals surface area contributed by atoms with Gasteiger partial charge in [-0.05, 0) is 67.0 Å². The van der Waals surface area contributed by atoms with Gasteiger partial charge in [0.05, 0.1) is 5.69 Å². The lowest BCUT2D eigenvalue weighted by Crippen LogP contribution is -2.30. The summed E-state index contributed by atoms with van der Waals surface area (Å²) >= 11 is 0. The first-order valence-electron chi connectivity index (χ1n) is 8.97. The average Bonchev–Trinajstić information content (AvgIpc) is 2.69. The first-order chi connectivity index (χ1) is 12.9. The van der Waals surface area contributed by atoms with Crippen LogP contribution >= 0.6 is 20.4 Å². The predicted octanol–water partition coefficient (Wildman–Crippen LogP) is 7.21. The molecule has 0 fully saturated rings. The third kappa shape index (κ3) is 3.95. The smallest absolute Gasteiger partial charge is 0.0565 e. The van der Waals surface area contributed by atoms with Gasteiger partial charge >= 0.3 is 0 Å². The Kier molecular flexibility index (Phi) is 5.73. The lowest BCUT2D eigenvalue weighted by Gasteiger charge is -2.56. The Morgan fingerprint density at radius 1 is 0.630 bits per heavy atom. The second kappa shape index (κ2) is 7.87. The van der Waals surface area contributed by atoms with E-state index < -0.39 is 20.4 Å². The molecule has 1 nitrogen and oxygen atoms in total. The zero-order valence-corrected chi connectivity index (χ0v) is 18.3. The zero-order chi connectivity index (χ0) is 19.5. The largest absolute Gasteiger partial charge is 0.290 e. The van der Waals surface area contributed by atoms with Gasteiger partial charge in [-0.3, -0.25) is 3.71 Å². The van der Waals surface area contributed by atoms with Gasteiger partial charge in [0.25, 0.3) is 0 Å². The molecule has 0 amide bonds. The fourth-order valence-electron chi connectivity index (χ4n) is 3.42. The third-order valence-electron chi connectivity index (χ3n) is 4.81. The van der Waals surface area contributed by atoms with E-state index >= 15 is 0 Å². The van der Waals surface area contributed by atoms with Crippen molar-refractivity contribution in [3.05, 3.63) is 97.1 Å². The van der Waals surface area contributed by atoms with Crippen LogP contribution in [0.5, 0.6) is 0 Å². The molecular formula is C24H29NS2. The van der Waals surface area contributed by atoms with Crippen molar-refractivity contribution < 1.29 is 0 Å². The van der Waals surface area contributed by atoms with Crippen LogP contribution in [0.2, 0.25) is 0 Å². The van der Waals surface area contributed by atoms with E-state index in [-0.39, 0.29) is 0 Å². The fraction of sp³-hybridized carbons (Fsp3) is 0.167. The van der Waals surface area contributed by atoms with Crippen molar-refractivity contribution in [2.24, 2.45) is 0 Å². The van der Waals surface area contributed by atoms with Crippen molar-refractivity contribution >= 4 is 32.2 Å². The van der Waals surface area contributed by atoms with Gasteiger partial charge in [-0.15, -0.1) is 20.4 Å². The second-order valence-corrected chi connectivity index (χ2v) is 14.2. The molecule has 0 aliphatic rings. The molecule has 0 radical (unpaired) electrons. The van der Waals surface area contributed by atoms with Crippen LogP contribution in [0, 0.1) is 0 Å². The lowest BCUT2D eigenvalue weighted by molar-refractivity contribution is 1.37. The summed E-state index contributed by atoms with van der Waals surface area (Å²) in [5.74, 6) is 0. The SMILES string of the molecule is C=Cc1ccc(N(S(C)(C)c2ccccc2)S(C)(C)c2ccccc2)cc1. The molecule has 0 aromatic heterocycles. The summed E-state index contributed by atoms with van der Waals surface area (Å²) in [4.78, 5) is 2.80. The Morgan fingerprint density at radius 2 is 1.04 bits per heavy atom. The van der Waals surface area contributed by atoms with Crippen LogP contribution < -0.4 is 3.71 Å². The lowest BCUT2D eigenvalue weighted by atomic mass is 10.2. The number of hydrogen-bond acceptors (Lipinski definition) is 1. The van der Waals surface area contributed by atoms with Crippen molar-refractivity contribution in [3.8, 4) is 0 Å². The van der Waals surface area contributed by atoms with E-state index in [0.29, 0.717) is 0 Å². The van der Waals surface area contributed by atoms with Gasteiger partial charge in [0.1, 0.15) is 0 Å². The average molecular weight is 396 g/mol.